The molecule has 6 nitrogen and oxygen atoms in total. The first-order chi connectivity index (χ1) is 12.0. The SMILES string of the molecule is CCCNC(=O)N1CCN(C(=O)c2c(C)n(C)c3ccccc23)CC1. The van der Waals surface area contributed by atoms with Crippen molar-refractivity contribution in [3.8, 4) is 0 Å². The average molecular weight is 342 g/mol. The predicted octanol–water partition coefficient (Wildman–Crippen LogP) is 2.36. The lowest BCUT2D eigenvalue weighted by Gasteiger charge is -2.34. The Hall–Kier alpha value is -2.50. The van der Waals surface area contributed by atoms with Gasteiger partial charge in [0.05, 0.1) is 5.56 Å². The van der Waals surface area contributed by atoms with Gasteiger partial charge in [0.2, 0.25) is 0 Å². The summed E-state index contributed by atoms with van der Waals surface area (Å²) in [6, 6.07) is 7.97. The van der Waals surface area contributed by atoms with Gasteiger partial charge in [-0.05, 0) is 19.4 Å². The Bertz CT molecular complexity index is 788. The topological polar surface area (TPSA) is 57.6 Å². The number of hydrogen-bond donors (Lipinski definition) is 1. The lowest BCUT2D eigenvalue weighted by molar-refractivity contribution is 0.0666. The standard InChI is InChI=1S/C19H26N4O2/c1-4-9-20-19(25)23-12-10-22(11-13-23)18(24)17-14(2)21(3)16-8-6-5-7-15(16)17/h5-8H,4,9-13H2,1-3H3,(H,20,25). The van der Waals surface area contributed by atoms with Crippen LogP contribution in [0.1, 0.15) is 29.4 Å². The van der Waals surface area contributed by atoms with Crippen LogP contribution in [-0.4, -0.2) is 59.0 Å². The minimum absolute atomic E-state index is 0.0321. The summed E-state index contributed by atoms with van der Waals surface area (Å²) in [7, 11) is 1.99. The third-order valence-corrected chi connectivity index (χ3v) is 4.99. The highest BCUT2D eigenvalue weighted by atomic mass is 16.2. The molecule has 134 valence electrons. The van der Waals surface area contributed by atoms with Crippen LogP contribution in [0.4, 0.5) is 4.79 Å². The second kappa shape index (κ2) is 7.17. The van der Waals surface area contributed by atoms with E-state index >= 15 is 0 Å². The van der Waals surface area contributed by atoms with Crippen LogP contribution in [-0.2, 0) is 7.05 Å². The number of nitrogens with zero attached hydrogens (tertiary/aromatic N) is 3. The maximum absolute atomic E-state index is 13.1. The Morgan fingerprint density at radius 1 is 1.08 bits per heavy atom. The number of benzene rings is 1. The fraction of sp³-hybridized carbons (Fsp3) is 0.474. The Morgan fingerprint density at radius 2 is 1.72 bits per heavy atom. The van der Waals surface area contributed by atoms with E-state index in [1.165, 1.54) is 0 Å². The molecular formula is C19H26N4O2. The van der Waals surface area contributed by atoms with Crippen molar-refractivity contribution in [2.24, 2.45) is 7.05 Å². The van der Waals surface area contributed by atoms with Crippen molar-refractivity contribution in [3.05, 3.63) is 35.5 Å². The van der Waals surface area contributed by atoms with E-state index in [0.717, 1.165) is 28.6 Å². The van der Waals surface area contributed by atoms with Crippen molar-refractivity contribution in [2.75, 3.05) is 32.7 Å². The molecule has 2 aromatic rings. The van der Waals surface area contributed by atoms with Crippen LogP contribution in [0.15, 0.2) is 24.3 Å². The molecule has 1 saturated heterocycles. The second-order valence-electron chi connectivity index (χ2n) is 6.55. The van der Waals surface area contributed by atoms with Crippen LogP contribution in [0, 0.1) is 6.92 Å². The van der Waals surface area contributed by atoms with Crippen molar-refractivity contribution in [1.29, 1.82) is 0 Å². The van der Waals surface area contributed by atoms with Crippen molar-refractivity contribution in [1.82, 2.24) is 19.7 Å². The van der Waals surface area contributed by atoms with E-state index < -0.39 is 0 Å². The van der Waals surface area contributed by atoms with Gasteiger partial charge in [-0.2, -0.15) is 0 Å². The highest BCUT2D eigenvalue weighted by Gasteiger charge is 2.27. The predicted molar refractivity (Wildman–Crippen MR) is 98.8 cm³/mol. The monoisotopic (exact) mass is 342 g/mol. The van der Waals surface area contributed by atoms with Crippen LogP contribution in [0.25, 0.3) is 10.9 Å². The molecule has 1 N–H and O–H groups in total. The minimum atomic E-state index is -0.0321. The van der Waals surface area contributed by atoms with E-state index in [9.17, 15) is 9.59 Å². The molecule has 1 aromatic carbocycles. The van der Waals surface area contributed by atoms with Gasteiger partial charge in [-0.1, -0.05) is 25.1 Å². The van der Waals surface area contributed by atoms with Crippen LogP contribution in [0.5, 0.6) is 0 Å². The fourth-order valence-electron chi connectivity index (χ4n) is 3.41. The normalized spacial score (nSPS) is 14.8. The Labute approximate surface area is 148 Å². The number of fused-ring (bicyclic) bond motifs is 1. The first-order valence-corrected chi connectivity index (χ1v) is 8.90. The summed E-state index contributed by atoms with van der Waals surface area (Å²) >= 11 is 0. The van der Waals surface area contributed by atoms with Crippen molar-refractivity contribution >= 4 is 22.8 Å². The van der Waals surface area contributed by atoms with E-state index in [-0.39, 0.29) is 11.9 Å². The highest BCUT2D eigenvalue weighted by Crippen LogP contribution is 2.26. The van der Waals surface area contributed by atoms with Gasteiger partial charge in [-0.3, -0.25) is 4.79 Å². The maximum atomic E-state index is 13.1. The zero-order chi connectivity index (χ0) is 18.0. The van der Waals surface area contributed by atoms with Gasteiger partial charge in [-0.25, -0.2) is 4.79 Å². The highest BCUT2D eigenvalue weighted by molar-refractivity contribution is 6.08. The second-order valence-corrected chi connectivity index (χ2v) is 6.55. The fourth-order valence-corrected chi connectivity index (χ4v) is 3.41. The summed E-state index contributed by atoms with van der Waals surface area (Å²) < 4.78 is 2.07. The third-order valence-electron chi connectivity index (χ3n) is 4.99. The smallest absolute Gasteiger partial charge is 0.317 e. The van der Waals surface area contributed by atoms with E-state index in [1.54, 1.807) is 4.90 Å². The number of nitrogens with one attached hydrogen (secondary N) is 1. The van der Waals surface area contributed by atoms with Gasteiger partial charge < -0.3 is 19.7 Å². The molecule has 0 unspecified atom stereocenters. The van der Waals surface area contributed by atoms with Gasteiger partial charge in [0.1, 0.15) is 0 Å². The number of amides is 3. The van der Waals surface area contributed by atoms with Crippen LogP contribution < -0.4 is 5.32 Å². The van der Waals surface area contributed by atoms with Crippen LogP contribution in [0.3, 0.4) is 0 Å². The number of urea groups is 1. The van der Waals surface area contributed by atoms with E-state index in [4.69, 9.17) is 0 Å². The molecule has 0 saturated carbocycles. The lowest BCUT2D eigenvalue weighted by Crippen LogP contribution is -2.53. The first kappa shape index (κ1) is 17.3. The lowest BCUT2D eigenvalue weighted by atomic mass is 10.1. The number of aromatic nitrogens is 1. The number of rotatable bonds is 3. The molecule has 0 atom stereocenters. The molecule has 25 heavy (non-hydrogen) atoms. The Balaban J connectivity index is 1.74. The molecular weight excluding hydrogens is 316 g/mol. The summed E-state index contributed by atoms with van der Waals surface area (Å²) in [5.41, 5.74) is 2.83. The molecule has 2 heterocycles. The molecule has 0 spiro atoms. The maximum Gasteiger partial charge on any atom is 0.317 e. The number of aryl methyl sites for hydroxylation is 1. The molecule has 1 aliphatic rings. The Kier molecular flexibility index (Phi) is 4.97. The molecule has 0 radical (unpaired) electrons. The van der Waals surface area contributed by atoms with Gasteiger partial charge in [-0.15, -0.1) is 0 Å². The summed E-state index contributed by atoms with van der Waals surface area (Å²) in [6.45, 7) is 7.00. The largest absolute Gasteiger partial charge is 0.347 e. The molecule has 6 heteroatoms. The zero-order valence-corrected chi connectivity index (χ0v) is 15.2. The van der Waals surface area contributed by atoms with E-state index in [2.05, 4.69) is 9.88 Å². The van der Waals surface area contributed by atoms with Gasteiger partial charge in [0.15, 0.2) is 0 Å². The van der Waals surface area contributed by atoms with Crippen molar-refractivity contribution in [3.63, 3.8) is 0 Å². The molecule has 1 aliphatic heterocycles. The summed E-state index contributed by atoms with van der Waals surface area (Å²) in [5.74, 6) is 0.0583. The number of piperazine rings is 1. The minimum Gasteiger partial charge on any atom is -0.347 e. The summed E-state index contributed by atoms with van der Waals surface area (Å²) in [5, 5.41) is 3.89. The number of carbonyl (C=O) groups is 2. The van der Waals surface area contributed by atoms with Crippen molar-refractivity contribution in [2.45, 2.75) is 20.3 Å². The summed E-state index contributed by atoms with van der Waals surface area (Å²) in [6.07, 6.45) is 0.921. The van der Waals surface area contributed by atoms with E-state index in [1.807, 2.05) is 50.1 Å². The van der Waals surface area contributed by atoms with E-state index in [0.29, 0.717) is 32.7 Å². The average Bonchev–Trinajstić information content (AvgIpc) is 2.90. The zero-order valence-electron chi connectivity index (χ0n) is 15.2. The molecule has 1 aromatic heterocycles. The Morgan fingerprint density at radius 3 is 2.40 bits per heavy atom. The molecule has 1 fully saturated rings. The van der Waals surface area contributed by atoms with Gasteiger partial charge in [0.25, 0.3) is 5.91 Å². The van der Waals surface area contributed by atoms with Gasteiger partial charge in [0, 0.05) is 56.4 Å². The molecule has 3 amide bonds. The van der Waals surface area contributed by atoms with Gasteiger partial charge >= 0.3 is 6.03 Å². The first-order valence-electron chi connectivity index (χ1n) is 8.90. The summed E-state index contributed by atoms with van der Waals surface area (Å²) in [4.78, 5) is 28.8. The molecule has 0 bridgehead atoms. The number of carbonyl (C=O) groups excluding carboxylic acids is 2. The van der Waals surface area contributed by atoms with Crippen molar-refractivity contribution < 1.29 is 9.59 Å². The third kappa shape index (κ3) is 3.21. The number of para-hydroxylation sites is 1. The van der Waals surface area contributed by atoms with Crippen LogP contribution in [0.2, 0.25) is 0 Å². The molecule has 3 rings (SSSR count). The van der Waals surface area contributed by atoms with Crippen LogP contribution >= 0.6 is 0 Å². The number of hydrogen-bond acceptors (Lipinski definition) is 2. The molecule has 0 aliphatic carbocycles. The quantitative estimate of drug-likeness (QED) is 0.931.